The topological polar surface area (TPSA) is 66.6 Å². The van der Waals surface area contributed by atoms with Crippen LogP contribution in [-0.2, 0) is 4.79 Å². The fraction of sp³-hybridized carbons (Fsp3) is 0.333. The zero-order valence-corrected chi connectivity index (χ0v) is 10.1. The molecule has 17 heavy (non-hydrogen) atoms. The average Bonchev–Trinajstić information content (AvgIpc) is 2.33. The summed E-state index contributed by atoms with van der Waals surface area (Å²) in [4.78, 5) is 24.9. The summed E-state index contributed by atoms with van der Waals surface area (Å²) in [6, 6.07) is 6.64. The molecule has 0 spiro atoms. The van der Waals surface area contributed by atoms with Gasteiger partial charge in [0.1, 0.15) is 0 Å². The summed E-state index contributed by atoms with van der Waals surface area (Å²) in [5, 5.41) is 0. The van der Waals surface area contributed by atoms with Crippen LogP contribution >= 0.6 is 0 Å². The number of benzene rings is 1. The predicted molar refractivity (Wildman–Crippen MR) is 68.1 cm³/mol. The van der Waals surface area contributed by atoms with Crippen LogP contribution in [0.5, 0.6) is 0 Å². The van der Waals surface area contributed by atoms with Crippen LogP contribution in [0.4, 0.5) is 16.2 Å². The Labute approximate surface area is 101 Å². The van der Waals surface area contributed by atoms with Gasteiger partial charge >= 0.3 is 6.03 Å². The first kappa shape index (κ1) is 13.0. The third-order valence-corrected chi connectivity index (χ3v) is 2.54. The molecular weight excluding hydrogens is 218 g/mol. The number of carbonyl (C=O) groups is 2. The summed E-state index contributed by atoms with van der Waals surface area (Å²) in [6.45, 7) is 4.86. The first-order valence-electron chi connectivity index (χ1n) is 5.53. The Hall–Kier alpha value is -2.04. The van der Waals surface area contributed by atoms with Gasteiger partial charge in [-0.05, 0) is 38.1 Å². The number of primary amides is 1. The van der Waals surface area contributed by atoms with E-state index in [4.69, 9.17) is 5.73 Å². The number of hydrogen-bond donors (Lipinski definition) is 1. The van der Waals surface area contributed by atoms with E-state index < -0.39 is 6.03 Å². The van der Waals surface area contributed by atoms with Crippen LogP contribution in [0.2, 0.25) is 0 Å². The minimum Gasteiger partial charge on any atom is -0.351 e. The zero-order valence-electron chi connectivity index (χ0n) is 10.1. The molecule has 0 aromatic heterocycles. The van der Waals surface area contributed by atoms with Crippen molar-refractivity contribution < 1.29 is 9.59 Å². The highest BCUT2D eigenvalue weighted by Crippen LogP contribution is 2.19. The number of hydrogen-bond acceptors (Lipinski definition) is 2. The van der Waals surface area contributed by atoms with Gasteiger partial charge in [-0.15, -0.1) is 0 Å². The van der Waals surface area contributed by atoms with Crippen LogP contribution in [0.3, 0.4) is 0 Å². The highest BCUT2D eigenvalue weighted by molar-refractivity contribution is 5.91. The second-order valence-electron chi connectivity index (χ2n) is 3.49. The van der Waals surface area contributed by atoms with Gasteiger partial charge in [-0.25, -0.2) is 4.79 Å². The van der Waals surface area contributed by atoms with Crippen LogP contribution in [0.25, 0.3) is 0 Å². The molecule has 2 N–H and O–H groups in total. The van der Waals surface area contributed by atoms with Crippen LogP contribution in [0, 0.1) is 0 Å². The summed E-state index contributed by atoms with van der Waals surface area (Å²) in [5.41, 5.74) is 6.78. The second-order valence-corrected chi connectivity index (χ2v) is 3.49. The Balaban J connectivity index is 2.94. The molecule has 3 amide bonds. The highest BCUT2D eigenvalue weighted by Gasteiger charge is 2.10. The Bertz CT molecular complexity index is 389. The normalized spacial score (nSPS) is 9.76. The third kappa shape index (κ3) is 2.96. The summed E-state index contributed by atoms with van der Waals surface area (Å²) < 4.78 is 0. The molecule has 0 atom stereocenters. The molecule has 0 unspecified atom stereocenters. The van der Waals surface area contributed by atoms with Crippen molar-refractivity contribution >= 4 is 23.8 Å². The number of nitrogens with two attached hydrogens (primary N) is 1. The van der Waals surface area contributed by atoms with Crippen LogP contribution < -0.4 is 15.5 Å². The molecule has 92 valence electrons. The lowest BCUT2D eigenvalue weighted by molar-refractivity contribution is -0.107. The van der Waals surface area contributed by atoms with E-state index in [1.807, 2.05) is 13.8 Å². The fourth-order valence-corrected chi connectivity index (χ4v) is 1.61. The van der Waals surface area contributed by atoms with Gasteiger partial charge in [0.05, 0.1) is 0 Å². The lowest BCUT2D eigenvalue weighted by atomic mass is 10.2. The third-order valence-electron chi connectivity index (χ3n) is 2.54. The molecule has 1 rings (SSSR count). The van der Waals surface area contributed by atoms with Gasteiger partial charge in [0, 0.05) is 24.5 Å². The van der Waals surface area contributed by atoms with Gasteiger partial charge in [-0.1, -0.05) is 0 Å². The van der Waals surface area contributed by atoms with Gasteiger partial charge in [0.15, 0.2) is 0 Å². The second kappa shape index (κ2) is 5.89. The standard InChI is InChI=1S/C12H17N3O2/c1-3-14(9-16)10-5-7-11(8-6-10)15(4-2)12(13)17/h5-9H,3-4H2,1-2H3,(H2,13,17). The smallest absolute Gasteiger partial charge is 0.319 e. The van der Waals surface area contributed by atoms with Gasteiger partial charge in [-0.3, -0.25) is 9.69 Å². The van der Waals surface area contributed by atoms with E-state index in [9.17, 15) is 9.59 Å². The first-order chi connectivity index (χ1) is 8.13. The largest absolute Gasteiger partial charge is 0.351 e. The summed E-state index contributed by atoms with van der Waals surface area (Å²) in [7, 11) is 0. The van der Waals surface area contributed by atoms with Crippen molar-refractivity contribution in [2.75, 3.05) is 22.9 Å². The van der Waals surface area contributed by atoms with Crippen molar-refractivity contribution in [1.29, 1.82) is 0 Å². The Morgan fingerprint density at radius 2 is 1.71 bits per heavy atom. The molecule has 5 nitrogen and oxygen atoms in total. The minimum atomic E-state index is -0.483. The van der Waals surface area contributed by atoms with E-state index in [2.05, 4.69) is 0 Å². The monoisotopic (exact) mass is 235 g/mol. The van der Waals surface area contributed by atoms with Crippen molar-refractivity contribution in [1.82, 2.24) is 0 Å². The van der Waals surface area contributed by atoms with Gasteiger partial charge in [0.2, 0.25) is 6.41 Å². The number of carbonyl (C=O) groups excluding carboxylic acids is 2. The molecule has 0 aliphatic rings. The Kier molecular flexibility index (Phi) is 4.51. The van der Waals surface area contributed by atoms with Crippen molar-refractivity contribution in [2.45, 2.75) is 13.8 Å². The van der Waals surface area contributed by atoms with E-state index in [1.165, 1.54) is 4.90 Å². The quantitative estimate of drug-likeness (QED) is 0.787. The molecule has 0 aliphatic heterocycles. The summed E-state index contributed by atoms with van der Waals surface area (Å²) in [6.07, 6.45) is 0.778. The molecule has 1 aromatic carbocycles. The van der Waals surface area contributed by atoms with E-state index in [0.717, 1.165) is 17.8 Å². The molecular formula is C12H17N3O2. The van der Waals surface area contributed by atoms with Crippen LogP contribution in [0.15, 0.2) is 24.3 Å². The van der Waals surface area contributed by atoms with Crippen molar-refractivity contribution in [3.63, 3.8) is 0 Å². The molecule has 0 aliphatic carbocycles. The molecule has 0 radical (unpaired) electrons. The van der Waals surface area contributed by atoms with Crippen LogP contribution in [-0.4, -0.2) is 25.5 Å². The molecule has 0 saturated heterocycles. The number of nitrogens with zero attached hydrogens (tertiary/aromatic N) is 2. The van der Waals surface area contributed by atoms with E-state index in [1.54, 1.807) is 29.2 Å². The summed E-state index contributed by atoms with van der Waals surface area (Å²) in [5.74, 6) is 0. The molecule has 1 aromatic rings. The maximum absolute atomic E-state index is 11.1. The number of urea groups is 1. The van der Waals surface area contributed by atoms with E-state index in [-0.39, 0.29) is 0 Å². The lowest BCUT2D eigenvalue weighted by Crippen LogP contribution is -2.35. The molecule has 0 saturated carbocycles. The number of anilines is 2. The molecule has 5 heteroatoms. The zero-order chi connectivity index (χ0) is 12.8. The predicted octanol–water partition coefficient (Wildman–Crippen LogP) is 1.57. The Morgan fingerprint density at radius 3 is 2.06 bits per heavy atom. The van der Waals surface area contributed by atoms with Crippen molar-refractivity contribution in [2.24, 2.45) is 5.73 Å². The minimum absolute atomic E-state index is 0.483. The molecule has 0 bridgehead atoms. The van der Waals surface area contributed by atoms with Crippen LogP contribution in [0.1, 0.15) is 13.8 Å². The highest BCUT2D eigenvalue weighted by atomic mass is 16.2. The van der Waals surface area contributed by atoms with Crippen molar-refractivity contribution in [3.05, 3.63) is 24.3 Å². The van der Waals surface area contributed by atoms with E-state index in [0.29, 0.717) is 13.1 Å². The van der Waals surface area contributed by atoms with E-state index >= 15 is 0 Å². The number of rotatable bonds is 5. The van der Waals surface area contributed by atoms with Gasteiger partial charge in [-0.2, -0.15) is 0 Å². The van der Waals surface area contributed by atoms with Gasteiger partial charge < -0.3 is 10.6 Å². The summed E-state index contributed by atoms with van der Waals surface area (Å²) >= 11 is 0. The SMILES string of the molecule is CCN(C=O)c1ccc(N(CC)C(N)=O)cc1. The number of amides is 3. The Morgan fingerprint density at radius 1 is 1.18 bits per heavy atom. The fourth-order valence-electron chi connectivity index (χ4n) is 1.61. The molecule has 0 heterocycles. The van der Waals surface area contributed by atoms with Crippen molar-refractivity contribution in [3.8, 4) is 0 Å². The maximum atomic E-state index is 11.1. The molecule has 0 fully saturated rings. The first-order valence-corrected chi connectivity index (χ1v) is 5.53. The average molecular weight is 235 g/mol. The lowest BCUT2D eigenvalue weighted by Gasteiger charge is -2.20. The maximum Gasteiger partial charge on any atom is 0.319 e. The van der Waals surface area contributed by atoms with Gasteiger partial charge in [0.25, 0.3) is 0 Å².